The van der Waals surface area contributed by atoms with E-state index in [1.54, 1.807) is 12.1 Å². The molecule has 1 heterocycles. The molecule has 0 amide bonds. The predicted molar refractivity (Wildman–Crippen MR) is 59.3 cm³/mol. The highest BCUT2D eigenvalue weighted by atomic mass is 19.1. The van der Waals surface area contributed by atoms with Crippen molar-refractivity contribution >= 4 is 6.29 Å². The highest BCUT2D eigenvalue weighted by Gasteiger charge is 2.31. The lowest BCUT2D eigenvalue weighted by Gasteiger charge is -1.94. The van der Waals surface area contributed by atoms with Crippen LogP contribution in [0.25, 0.3) is 11.5 Å². The van der Waals surface area contributed by atoms with Gasteiger partial charge in [0.25, 0.3) is 0 Å². The maximum absolute atomic E-state index is 13.1. The van der Waals surface area contributed by atoms with Gasteiger partial charge < -0.3 is 4.42 Å². The SMILES string of the molecule is O=Cc1nc(-c2cccc(F)c2)oc1C1CC1. The molecule has 0 aliphatic heterocycles. The summed E-state index contributed by atoms with van der Waals surface area (Å²) in [6, 6.07) is 6.00. The Morgan fingerprint density at radius 3 is 2.88 bits per heavy atom. The van der Waals surface area contributed by atoms with Gasteiger partial charge >= 0.3 is 0 Å². The molecule has 1 aliphatic rings. The molecule has 0 unspecified atom stereocenters. The van der Waals surface area contributed by atoms with E-state index >= 15 is 0 Å². The number of halogens is 1. The Labute approximate surface area is 97.3 Å². The first kappa shape index (κ1) is 10.2. The van der Waals surface area contributed by atoms with Crippen molar-refractivity contribution in [2.75, 3.05) is 0 Å². The van der Waals surface area contributed by atoms with Crippen LogP contribution >= 0.6 is 0 Å². The third-order valence-corrected chi connectivity index (χ3v) is 2.81. The van der Waals surface area contributed by atoms with E-state index in [-0.39, 0.29) is 5.82 Å². The summed E-state index contributed by atoms with van der Waals surface area (Å²) in [4.78, 5) is 15.0. The zero-order valence-electron chi connectivity index (χ0n) is 9.02. The van der Waals surface area contributed by atoms with Crippen LogP contribution in [0.1, 0.15) is 35.0 Å². The lowest BCUT2D eigenvalue weighted by atomic mass is 10.2. The van der Waals surface area contributed by atoms with Crippen molar-refractivity contribution in [3.63, 3.8) is 0 Å². The van der Waals surface area contributed by atoms with Crippen molar-refractivity contribution in [1.82, 2.24) is 4.98 Å². The second-order valence-electron chi connectivity index (χ2n) is 4.17. The summed E-state index contributed by atoms with van der Waals surface area (Å²) >= 11 is 0. The van der Waals surface area contributed by atoms with Crippen LogP contribution in [0.2, 0.25) is 0 Å². The molecular formula is C13H10FNO2. The largest absolute Gasteiger partial charge is 0.440 e. The fourth-order valence-corrected chi connectivity index (χ4v) is 1.81. The average Bonchev–Trinajstić information content (AvgIpc) is 3.08. The van der Waals surface area contributed by atoms with Crippen molar-refractivity contribution in [2.24, 2.45) is 0 Å². The summed E-state index contributed by atoms with van der Waals surface area (Å²) in [5.74, 6) is 0.916. The lowest BCUT2D eigenvalue weighted by molar-refractivity contribution is 0.111. The van der Waals surface area contributed by atoms with Gasteiger partial charge in [-0.2, -0.15) is 0 Å². The van der Waals surface area contributed by atoms with Gasteiger partial charge in [0.1, 0.15) is 17.3 Å². The zero-order chi connectivity index (χ0) is 11.8. The molecule has 0 atom stereocenters. The fraction of sp³-hybridized carbons (Fsp3) is 0.231. The Hall–Kier alpha value is -1.97. The van der Waals surface area contributed by atoms with Crippen LogP contribution in [0.15, 0.2) is 28.7 Å². The van der Waals surface area contributed by atoms with E-state index in [9.17, 15) is 9.18 Å². The van der Waals surface area contributed by atoms with Gasteiger partial charge in [-0.1, -0.05) is 6.07 Å². The molecule has 0 radical (unpaired) electrons. The van der Waals surface area contributed by atoms with Crippen LogP contribution in [0.4, 0.5) is 4.39 Å². The van der Waals surface area contributed by atoms with Crippen LogP contribution in [0.5, 0.6) is 0 Å². The van der Waals surface area contributed by atoms with Gasteiger partial charge in [-0.15, -0.1) is 0 Å². The molecule has 1 aromatic carbocycles. The van der Waals surface area contributed by atoms with E-state index in [1.807, 2.05) is 0 Å². The number of carbonyl (C=O) groups excluding carboxylic acids is 1. The topological polar surface area (TPSA) is 43.1 Å². The van der Waals surface area contributed by atoms with Crippen molar-refractivity contribution in [3.8, 4) is 11.5 Å². The number of benzene rings is 1. The molecule has 1 aliphatic carbocycles. The van der Waals surface area contributed by atoms with E-state index in [2.05, 4.69) is 4.98 Å². The number of hydrogen-bond acceptors (Lipinski definition) is 3. The highest BCUT2D eigenvalue weighted by Crippen LogP contribution is 2.42. The minimum absolute atomic E-state index is 0.310. The summed E-state index contributed by atoms with van der Waals surface area (Å²) in [7, 11) is 0. The van der Waals surface area contributed by atoms with E-state index in [1.165, 1.54) is 12.1 Å². The van der Waals surface area contributed by atoms with Gasteiger partial charge in [-0.3, -0.25) is 4.79 Å². The van der Waals surface area contributed by atoms with Gasteiger partial charge in [0.05, 0.1) is 0 Å². The smallest absolute Gasteiger partial charge is 0.227 e. The van der Waals surface area contributed by atoms with Crippen LogP contribution in [0.3, 0.4) is 0 Å². The van der Waals surface area contributed by atoms with Gasteiger partial charge in [-0.05, 0) is 31.0 Å². The van der Waals surface area contributed by atoms with Crippen LogP contribution in [-0.4, -0.2) is 11.3 Å². The molecule has 1 aromatic heterocycles. The number of aromatic nitrogens is 1. The van der Waals surface area contributed by atoms with Crippen molar-refractivity contribution in [3.05, 3.63) is 41.5 Å². The molecule has 4 heteroatoms. The summed E-state index contributed by atoms with van der Waals surface area (Å²) in [5.41, 5.74) is 0.895. The first-order valence-electron chi connectivity index (χ1n) is 5.50. The maximum Gasteiger partial charge on any atom is 0.227 e. The molecule has 17 heavy (non-hydrogen) atoms. The predicted octanol–water partition coefficient (Wildman–Crippen LogP) is 3.17. The first-order valence-corrected chi connectivity index (χ1v) is 5.50. The minimum Gasteiger partial charge on any atom is -0.440 e. The number of nitrogens with zero attached hydrogens (tertiary/aromatic N) is 1. The normalized spacial score (nSPS) is 14.9. The molecule has 2 aromatic rings. The number of hydrogen-bond donors (Lipinski definition) is 0. The molecule has 0 spiro atoms. The average molecular weight is 231 g/mol. The molecule has 86 valence electrons. The standard InChI is InChI=1S/C13H10FNO2/c14-10-3-1-2-9(6-10)13-15-11(7-16)12(17-13)8-4-5-8/h1-3,6-8H,4-5H2. The summed E-state index contributed by atoms with van der Waals surface area (Å²) in [6.45, 7) is 0. The van der Waals surface area contributed by atoms with E-state index in [0.29, 0.717) is 35.1 Å². The van der Waals surface area contributed by atoms with Crippen LogP contribution < -0.4 is 0 Å². The van der Waals surface area contributed by atoms with Gasteiger partial charge in [0, 0.05) is 11.5 Å². The second kappa shape index (κ2) is 3.80. The van der Waals surface area contributed by atoms with Crippen LogP contribution in [-0.2, 0) is 0 Å². The number of aldehydes is 1. The Morgan fingerprint density at radius 1 is 1.41 bits per heavy atom. The monoisotopic (exact) mass is 231 g/mol. The molecule has 3 nitrogen and oxygen atoms in total. The zero-order valence-corrected chi connectivity index (χ0v) is 9.02. The maximum atomic E-state index is 13.1. The van der Waals surface area contributed by atoms with Gasteiger partial charge in [0.2, 0.25) is 5.89 Å². The van der Waals surface area contributed by atoms with Crippen LogP contribution in [0, 0.1) is 5.82 Å². The molecule has 0 saturated heterocycles. The highest BCUT2D eigenvalue weighted by molar-refractivity contribution is 5.75. The fourth-order valence-electron chi connectivity index (χ4n) is 1.81. The molecule has 1 saturated carbocycles. The molecule has 3 rings (SSSR count). The van der Waals surface area contributed by atoms with Crippen molar-refractivity contribution < 1.29 is 13.6 Å². The van der Waals surface area contributed by atoms with E-state index < -0.39 is 0 Å². The van der Waals surface area contributed by atoms with E-state index in [4.69, 9.17) is 4.42 Å². The summed E-state index contributed by atoms with van der Waals surface area (Å²) in [6.07, 6.45) is 2.75. The number of oxazole rings is 1. The van der Waals surface area contributed by atoms with Gasteiger partial charge in [-0.25, -0.2) is 9.37 Å². The molecule has 0 N–H and O–H groups in total. The second-order valence-corrected chi connectivity index (χ2v) is 4.17. The number of rotatable bonds is 3. The molecular weight excluding hydrogens is 221 g/mol. The van der Waals surface area contributed by atoms with Crippen molar-refractivity contribution in [2.45, 2.75) is 18.8 Å². The Bertz CT molecular complexity index is 573. The quantitative estimate of drug-likeness (QED) is 0.762. The molecule has 0 bridgehead atoms. The Kier molecular flexibility index (Phi) is 2.28. The van der Waals surface area contributed by atoms with E-state index in [0.717, 1.165) is 12.8 Å². The lowest BCUT2D eigenvalue weighted by Crippen LogP contribution is -1.85. The number of carbonyl (C=O) groups is 1. The molecule has 1 fully saturated rings. The van der Waals surface area contributed by atoms with Gasteiger partial charge in [0.15, 0.2) is 6.29 Å². The first-order chi connectivity index (χ1) is 8.28. The van der Waals surface area contributed by atoms with Crippen molar-refractivity contribution in [1.29, 1.82) is 0 Å². The Morgan fingerprint density at radius 2 is 2.24 bits per heavy atom. The summed E-state index contributed by atoms with van der Waals surface area (Å²) < 4.78 is 18.6. The Balaban J connectivity index is 2.06. The third kappa shape index (κ3) is 1.86. The minimum atomic E-state index is -0.346. The third-order valence-electron chi connectivity index (χ3n) is 2.81. The summed E-state index contributed by atoms with van der Waals surface area (Å²) in [5, 5.41) is 0.